The Bertz CT molecular complexity index is 1370. The number of aromatic nitrogens is 1. The molecule has 0 radical (unpaired) electrons. The van der Waals surface area contributed by atoms with Gasteiger partial charge in [0.1, 0.15) is 10.9 Å². The molecule has 5 N–H and O–H groups in total. The molecule has 1 aromatic heterocycles. The van der Waals surface area contributed by atoms with Crippen LogP contribution in [-0.2, 0) is 4.79 Å². The minimum atomic E-state index is -1.10. The number of nitrogens with two attached hydrogens (primary N) is 2. The standard InChI is InChI=1S/C28H33N5O5S/c1-16-8-7-11-19(14-16)33(28(36)25-22(29)23(26(30)34)32-39-25)24(27(35)31-18-9-5-4-6-10-18)17-12-13-20(37-2)21(15-17)38-3/h7-8,11-15,18,24H,4-6,9-10,29H2,1-3H3,(H2,30,34)(H,31,35)/t24-/m0/s1. The number of nitrogens with one attached hydrogen (secondary N) is 1. The second-order valence-corrected chi connectivity index (χ2v) is 10.3. The molecule has 10 nitrogen and oxygen atoms in total. The first-order valence-electron chi connectivity index (χ1n) is 12.7. The lowest BCUT2D eigenvalue weighted by atomic mass is 9.94. The maximum Gasteiger partial charge on any atom is 0.273 e. The van der Waals surface area contributed by atoms with Gasteiger partial charge in [-0.05, 0) is 66.7 Å². The van der Waals surface area contributed by atoms with Crippen LogP contribution in [0.25, 0.3) is 0 Å². The third-order valence-electron chi connectivity index (χ3n) is 6.84. The topological polar surface area (TPSA) is 150 Å². The number of rotatable bonds is 9. The zero-order chi connectivity index (χ0) is 28.1. The van der Waals surface area contributed by atoms with Crippen LogP contribution >= 0.6 is 11.5 Å². The molecular formula is C28H33N5O5S. The van der Waals surface area contributed by atoms with E-state index < -0.39 is 17.9 Å². The number of ether oxygens (including phenoxy) is 2. The largest absolute Gasteiger partial charge is 0.493 e. The Morgan fingerprint density at radius 2 is 1.77 bits per heavy atom. The Hall–Kier alpha value is -4.12. The van der Waals surface area contributed by atoms with Crippen molar-refractivity contribution in [1.82, 2.24) is 9.69 Å². The number of amides is 3. The summed E-state index contributed by atoms with van der Waals surface area (Å²) in [5.74, 6) is -0.866. The number of primary amides is 1. The number of benzene rings is 2. The minimum absolute atomic E-state index is 0.00158. The molecular weight excluding hydrogens is 518 g/mol. The van der Waals surface area contributed by atoms with Gasteiger partial charge in [-0.2, -0.15) is 4.37 Å². The van der Waals surface area contributed by atoms with Crippen LogP contribution in [0, 0.1) is 6.92 Å². The maximum absolute atomic E-state index is 14.2. The molecule has 1 atom stereocenters. The lowest BCUT2D eigenvalue weighted by Gasteiger charge is -2.33. The Balaban J connectivity index is 1.89. The second kappa shape index (κ2) is 12.2. The normalized spacial score (nSPS) is 14.3. The van der Waals surface area contributed by atoms with Gasteiger partial charge in [-0.15, -0.1) is 0 Å². The zero-order valence-corrected chi connectivity index (χ0v) is 23.0. The first-order chi connectivity index (χ1) is 18.7. The number of nitrogens with zero attached hydrogens (tertiary/aromatic N) is 2. The fourth-order valence-corrected chi connectivity index (χ4v) is 5.61. The van der Waals surface area contributed by atoms with Gasteiger partial charge in [-0.1, -0.05) is 37.5 Å². The van der Waals surface area contributed by atoms with Gasteiger partial charge >= 0.3 is 0 Å². The predicted molar refractivity (Wildman–Crippen MR) is 150 cm³/mol. The first kappa shape index (κ1) is 27.9. The lowest BCUT2D eigenvalue weighted by molar-refractivity contribution is -0.123. The molecule has 1 aliphatic rings. The maximum atomic E-state index is 14.2. The van der Waals surface area contributed by atoms with E-state index in [1.165, 1.54) is 19.1 Å². The van der Waals surface area contributed by atoms with Crippen molar-refractivity contribution in [3.05, 3.63) is 64.2 Å². The van der Waals surface area contributed by atoms with Crippen LogP contribution in [0.3, 0.4) is 0 Å². The van der Waals surface area contributed by atoms with Gasteiger partial charge in [0.15, 0.2) is 17.2 Å². The Morgan fingerprint density at radius 1 is 1.05 bits per heavy atom. The van der Waals surface area contributed by atoms with Crippen molar-refractivity contribution in [2.24, 2.45) is 5.73 Å². The van der Waals surface area contributed by atoms with Crippen molar-refractivity contribution in [2.75, 3.05) is 24.9 Å². The molecule has 1 heterocycles. The van der Waals surface area contributed by atoms with Gasteiger partial charge in [0.25, 0.3) is 11.8 Å². The molecule has 1 aliphatic carbocycles. The fourth-order valence-electron chi connectivity index (χ4n) is 4.87. The highest BCUT2D eigenvalue weighted by molar-refractivity contribution is 7.09. The third-order valence-corrected chi connectivity index (χ3v) is 7.69. The average Bonchev–Trinajstić information content (AvgIpc) is 3.32. The molecule has 0 aliphatic heterocycles. The van der Waals surface area contributed by atoms with Crippen molar-refractivity contribution >= 4 is 40.6 Å². The van der Waals surface area contributed by atoms with Gasteiger partial charge in [0, 0.05) is 11.7 Å². The molecule has 4 rings (SSSR count). The molecule has 206 valence electrons. The Labute approximate surface area is 231 Å². The predicted octanol–water partition coefficient (Wildman–Crippen LogP) is 3.99. The molecule has 0 bridgehead atoms. The van der Waals surface area contributed by atoms with Gasteiger partial charge in [0.05, 0.1) is 19.9 Å². The molecule has 3 amide bonds. The van der Waals surface area contributed by atoms with Crippen LogP contribution in [0.15, 0.2) is 42.5 Å². The van der Waals surface area contributed by atoms with Crippen molar-refractivity contribution in [2.45, 2.75) is 51.1 Å². The van der Waals surface area contributed by atoms with E-state index in [-0.39, 0.29) is 28.2 Å². The SMILES string of the molecule is COc1ccc([C@@H](C(=O)NC2CCCCC2)N(C(=O)c2snc(C(N)=O)c2N)c2cccc(C)c2)cc1OC. The number of nitrogen functional groups attached to an aromatic ring is 1. The highest BCUT2D eigenvalue weighted by atomic mass is 32.1. The lowest BCUT2D eigenvalue weighted by Crippen LogP contribution is -2.47. The Morgan fingerprint density at radius 3 is 2.38 bits per heavy atom. The Kier molecular flexibility index (Phi) is 8.70. The van der Waals surface area contributed by atoms with Gasteiger partial charge < -0.3 is 26.3 Å². The highest BCUT2D eigenvalue weighted by Gasteiger charge is 2.37. The summed E-state index contributed by atoms with van der Waals surface area (Å²) >= 11 is 0.770. The second-order valence-electron chi connectivity index (χ2n) is 9.51. The number of carbonyl (C=O) groups excluding carboxylic acids is 3. The van der Waals surface area contributed by atoms with E-state index in [0.717, 1.165) is 49.2 Å². The highest BCUT2D eigenvalue weighted by Crippen LogP contribution is 2.37. The molecule has 1 fully saturated rings. The average molecular weight is 552 g/mol. The fraction of sp³-hybridized carbons (Fsp3) is 0.357. The summed E-state index contributed by atoms with van der Waals surface area (Å²) in [5.41, 5.74) is 13.1. The summed E-state index contributed by atoms with van der Waals surface area (Å²) in [6.45, 7) is 1.89. The quantitative estimate of drug-likeness (QED) is 0.364. The summed E-state index contributed by atoms with van der Waals surface area (Å²) in [7, 11) is 3.03. The van der Waals surface area contributed by atoms with Crippen molar-refractivity contribution in [3.8, 4) is 11.5 Å². The first-order valence-corrected chi connectivity index (χ1v) is 13.5. The van der Waals surface area contributed by atoms with Gasteiger partial charge in [-0.25, -0.2) is 0 Å². The number of anilines is 2. The van der Waals surface area contributed by atoms with Crippen LogP contribution in [0.2, 0.25) is 0 Å². The number of aryl methyl sites for hydroxylation is 1. The van der Waals surface area contributed by atoms with E-state index in [1.807, 2.05) is 19.1 Å². The van der Waals surface area contributed by atoms with Crippen LogP contribution in [0.5, 0.6) is 11.5 Å². The number of carbonyl (C=O) groups is 3. The van der Waals surface area contributed by atoms with Gasteiger partial charge in [0.2, 0.25) is 5.91 Å². The smallest absolute Gasteiger partial charge is 0.273 e. The van der Waals surface area contributed by atoms with E-state index in [9.17, 15) is 14.4 Å². The molecule has 11 heteroatoms. The summed E-state index contributed by atoms with van der Waals surface area (Å²) in [5, 5.41) is 3.17. The van der Waals surface area contributed by atoms with Crippen LogP contribution in [0.4, 0.5) is 11.4 Å². The number of hydrogen-bond acceptors (Lipinski definition) is 8. The van der Waals surface area contributed by atoms with E-state index in [4.69, 9.17) is 20.9 Å². The number of methoxy groups -OCH3 is 2. The molecule has 39 heavy (non-hydrogen) atoms. The summed E-state index contributed by atoms with van der Waals surface area (Å²) in [6, 6.07) is 11.3. The summed E-state index contributed by atoms with van der Waals surface area (Å²) in [6.07, 6.45) is 4.92. The van der Waals surface area contributed by atoms with Crippen molar-refractivity contribution < 1.29 is 23.9 Å². The van der Waals surface area contributed by atoms with E-state index >= 15 is 0 Å². The summed E-state index contributed by atoms with van der Waals surface area (Å²) in [4.78, 5) is 41.6. The van der Waals surface area contributed by atoms with E-state index in [1.54, 1.807) is 30.3 Å². The van der Waals surface area contributed by atoms with E-state index in [0.29, 0.717) is 22.7 Å². The van der Waals surface area contributed by atoms with Crippen LogP contribution in [0.1, 0.15) is 69.4 Å². The van der Waals surface area contributed by atoms with Crippen molar-refractivity contribution in [3.63, 3.8) is 0 Å². The molecule has 0 spiro atoms. The molecule has 1 saturated carbocycles. The third kappa shape index (κ3) is 5.98. The molecule has 0 unspecified atom stereocenters. The van der Waals surface area contributed by atoms with Crippen molar-refractivity contribution in [1.29, 1.82) is 0 Å². The molecule has 2 aromatic carbocycles. The van der Waals surface area contributed by atoms with E-state index in [2.05, 4.69) is 9.69 Å². The minimum Gasteiger partial charge on any atom is -0.493 e. The molecule has 3 aromatic rings. The molecule has 0 saturated heterocycles. The number of hydrogen-bond donors (Lipinski definition) is 3. The monoisotopic (exact) mass is 551 g/mol. The summed E-state index contributed by atoms with van der Waals surface area (Å²) < 4.78 is 14.9. The van der Waals surface area contributed by atoms with Gasteiger partial charge in [-0.3, -0.25) is 19.3 Å². The zero-order valence-electron chi connectivity index (χ0n) is 22.2. The van der Waals surface area contributed by atoms with Crippen LogP contribution < -0.4 is 31.2 Å². The van der Waals surface area contributed by atoms with Crippen LogP contribution in [-0.4, -0.2) is 42.4 Å².